The van der Waals surface area contributed by atoms with Crippen LogP contribution in [-0.2, 0) is 10.9 Å². The topological polar surface area (TPSA) is 54.5 Å². The molecule has 0 aliphatic carbocycles. The maximum Gasteiger partial charge on any atom is 0.417 e. The summed E-state index contributed by atoms with van der Waals surface area (Å²) >= 11 is 5.93. The van der Waals surface area contributed by atoms with E-state index in [9.17, 15) is 18.0 Å². The van der Waals surface area contributed by atoms with Gasteiger partial charge in [0.1, 0.15) is 12.4 Å². The van der Waals surface area contributed by atoms with Crippen LogP contribution in [0.4, 0.5) is 29.5 Å². The number of nitrogens with one attached hydrogen (secondary N) is 1. The number of carbonyl (C=O) groups is 1. The number of amides is 1. The van der Waals surface area contributed by atoms with Crippen LogP contribution in [0.2, 0.25) is 5.02 Å². The molecule has 3 rings (SSSR count). The molecular formula is C17H15ClF3N3O2. The van der Waals surface area contributed by atoms with E-state index in [2.05, 4.69) is 10.3 Å². The predicted molar refractivity (Wildman–Crippen MR) is 91.4 cm³/mol. The fraction of sp³-hybridized carbons (Fsp3) is 0.294. The number of nitrogens with zero attached hydrogens (tertiary/aromatic N) is 2. The van der Waals surface area contributed by atoms with E-state index in [-0.39, 0.29) is 16.9 Å². The SMILES string of the molecule is CC(Nc1ncc(C(F)(F)F)cc1Cl)c1cccc(N2CCOC2=O)c1. The molecule has 0 spiro atoms. The molecule has 0 radical (unpaired) electrons. The lowest BCUT2D eigenvalue weighted by atomic mass is 10.1. The van der Waals surface area contributed by atoms with Gasteiger partial charge in [0.15, 0.2) is 0 Å². The molecule has 9 heteroatoms. The van der Waals surface area contributed by atoms with Gasteiger partial charge in [-0.05, 0) is 30.7 Å². The number of halogens is 4. The van der Waals surface area contributed by atoms with Gasteiger partial charge in [-0.1, -0.05) is 23.7 Å². The van der Waals surface area contributed by atoms with Crippen molar-refractivity contribution in [2.45, 2.75) is 19.1 Å². The Morgan fingerprint density at radius 1 is 1.35 bits per heavy atom. The molecule has 5 nitrogen and oxygen atoms in total. The number of benzene rings is 1. The minimum Gasteiger partial charge on any atom is -0.447 e. The summed E-state index contributed by atoms with van der Waals surface area (Å²) < 4.78 is 43.0. The zero-order valence-corrected chi connectivity index (χ0v) is 14.4. The lowest BCUT2D eigenvalue weighted by molar-refractivity contribution is -0.137. The van der Waals surface area contributed by atoms with E-state index >= 15 is 0 Å². The smallest absolute Gasteiger partial charge is 0.417 e. The maximum atomic E-state index is 12.7. The maximum absolute atomic E-state index is 12.7. The zero-order valence-electron chi connectivity index (χ0n) is 13.7. The summed E-state index contributed by atoms with van der Waals surface area (Å²) in [6.45, 7) is 2.62. The van der Waals surface area contributed by atoms with Crippen molar-refractivity contribution in [2.24, 2.45) is 0 Å². The van der Waals surface area contributed by atoms with E-state index in [1.54, 1.807) is 12.1 Å². The van der Waals surface area contributed by atoms with Gasteiger partial charge in [0.25, 0.3) is 0 Å². The summed E-state index contributed by atoms with van der Waals surface area (Å²) in [7, 11) is 0. The fourth-order valence-corrected chi connectivity index (χ4v) is 2.80. The summed E-state index contributed by atoms with van der Waals surface area (Å²) in [5.74, 6) is 0.151. The first-order valence-electron chi connectivity index (χ1n) is 7.79. The van der Waals surface area contributed by atoms with Crippen molar-refractivity contribution in [2.75, 3.05) is 23.4 Å². The summed E-state index contributed by atoms with van der Waals surface area (Å²) in [4.78, 5) is 17.0. The van der Waals surface area contributed by atoms with Crippen LogP contribution in [0.15, 0.2) is 36.5 Å². The molecule has 1 aromatic heterocycles. The average Bonchev–Trinajstić information content (AvgIpc) is 3.02. The molecule has 0 saturated carbocycles. The number of carbonyl (C=O) groups excluding carboxylic acids is 1. The van der Waals surface area contributed by atoms with Gasteiger partial charge in [0.2, 0.25) is 0 Å². The van der Waals surface area contributed by atoms with Crippen LogP contribution in [0, 0.1) is 0 Å². The van der Waals surface area contributed by atoms with Crippen LogP contribution in [0.1, 0.15) is 24.1 Å². The van der Waals surface area contributed by atoms with Crippen molar-refractivity contribution >= 4 is 29.2 Å². The Morgan fingerprint density at radius 2 is 2.12 bits per heavy atom. The van der Waals surface area contributed by atoms with Crippen LogP contribution in [0.5, 0.6) is 0 Å². The highest BCUT2D eigenvalue weighted by atomic mass is 35.5. The number of hydrogen-bond acceptors (Lipinski definition) is 4. The molecule has 1 amide bonds. The quantitative estimate of drug-likeness (QED) is 0.814. The highest BCUT2D eigenvalue weighted by Gasteiger charge is 2.31. The first kappa shape index (κ1) is 18.3. The lowest BCUT2D eigenvalue weighted by Gasteiger charge is -2.19. The minimum absolute atomic E-state index is 0.119. The molecule has 1 atom stereocenters. The largest absolute Gasteiger partial charge is 0.447 e. The highest BCUT2D eigenvalue weighted by molar-refractivity contribution is 6.33. The van der Waals surface area contributed by atoms with Crippen molar-refractivity contribution in [1.82, 2.24) is 4.98 Å². The lowest BCUT2D eigenvalue weighted by Crippen LogP contribution is -2.23. The number of pyridine rings is 1. The first-order valence-corrected chi connectivity index (χ1v) is 8.17. The van der Waals surface area contributed by atoms with E-state index in [1.807, 2.05) is 19.1 Å². The minimum atomic E-state index is -4.50. The molecule has 1 fully saturated rings. The molecule has 26 heavy (non-hydrogen) atoms. The van der Waals surface area contributed by atoms with Gasteiger partial charge in [0, 0.05) is 11.9 Å². The van der Waals surface area contributed by atoms with Crippen LogP contribution in [0.3, 0.4) is 0 Å². The number of hydrogen-bond donors (Lipinski definition) is 1. The summed E-state index contributed by atoms with van der Waals surface area (Å²) in [6.07, 6.45) is -4.17. The van der Waals surface area contributed by atoms with Crippen LogP contribution in [0.25, 0.3) is 0 Å². The van der Waals surface area contributed by atoms with Crippen LogP contribution in [-0.4, -0.2) is 24.2 Å². The Balaban J connectivity index is 1.78. The average molecular weight is 386 g/mol. The van der Waals surface area contributed by atoms with Gasteiger partial charge in [-0.2, -0.15) is 13.2 Å². The van der Waals surface area contributed by atoms with Crippen molar-refractivity contribution in [1.29, 1.82) is 0 Å². The Kier molecular flexibility index (Phi) is 4.95. The number of aromatic nitrogens is 1. The monoisotopic (exact) mass is 385 g/mol. The highest BCUT2D eigenvalue weighted by Crippen LogP contribution is 2.33. The van der Waals surface area contributed by atoms with E-state index in [0.29, 0.717) is 18.8 Å². The van der Waals surface area contributed by atoms with Crippen LogP contribution >= 0.6 is 11.6 Å². The summed E-state index contributed by atoms with van der Waals surface area (Å²) in [6, 6.07) is 7.75. The molecule has 1 aliphatic rings. The van der Waals surface area contributed by atoms with E-state index < -0.39 is 17.8 Å². The van der Waals surface area contributed by atoms with Gasteiger partial charge in [-0.15, -0.1) is 0 Å². The molecule has 1 N–H and O–H groups in total. The van der Waals surface area contributed by atoms with Crippen LogP contribution < -0.4 is 10.2 Å². The van der Waals surface area contributed by atoms with Crippen molar-refractivity contribution < 1.29 is 22.7 Å². The Bertz CT molecular complexity index is 829. The fourth-order valence-electron chi connectivity index (χ4n) is 2.58. The standard InChI is InChI=1S/C17H15ClF3N3O2/c1-10(23-15-14(18)8-12(9-22-15)17(19,20)21)11-3-2-4-13(7-11)24-5-6-26-16(24)25/h2-4,7-10H,5-6H2,1H3,(H,22,23). The van der Waals surface area contributed by atoms with Crippen molar-refractivity contribution in [3.8, 4) is 0 Å². The van der Waals surface area contributed by atoms with Gasteiger partial charge in [-0.25, -0.2) is 9.78 Å². The normalized spacial score (nSPS) is 15.7. The molecule has 1 aromatic carbocycles. The number of alkyl halides is 3. The summed E-state index contributed by atoms with van der Waals surface area (Å²) in [5, 5.41) is 2.87. The van der Waals surface area contributed by atoms with E-state index in [0.717, 1.165) is 17.8 Å². The molecule has 1 unspecified atom stereocenters. The second-order valence-corrected chi connectivity index (χ2v) is 6.19. The van der Waals surface area contributed by atoms with Gasteiger partial charge >= 0.3 is 12.3 Å². The molecule has 138 valence electrons. The van der Waals surface area contributed by atoms with Crippen molar-refractivity contribution in [3.63, 3.8) is 0 Å². The zero-order chi connectivity index (χ0) is 18.9. The second-order valence-electron chi connectivity index (χ2n) is 5.78. The third-order valence-corrected chi connectivity index (χ3v) is 4.25. The molecule has 0 bridgehead atoms. The second kappa shape index (κ2) is 7.03. The number of anilines is 2. The molecular weight excluding hydrogens is 371 g/mol. The molecule has 1 saturated heterocycles. The Labute approximate surface area is 152 Å². The van der Waals surface area contributed by atoms with E-state index in [1.165, 1.54) is 4.90 Å². The van der Waals surface area contributed by atoms with Gasteiger partial charge < -0.3 is 10.1 Å². The Hall–Kier alpha value is -2.48. The predicted octanol–water partition coefficient (Wildman–Crippen LogP) is 4.88. The number of rotatable bonds is 4. The number of ether oxygens (including phenoxy) is 1. The Morgan fingerprint density at radius 3 is 2.73 bits per heavy atom. The van der Waals surface area contributed by atoms with Gasteiger partial charge in [0.05, 0.1) is 23.2 Å². The van der Waals surface area contributed by atoms with E-state index in [4.69, 9.17) is 16.3 Å². The third kappa shape index (κ3) is 3.85. The molecule has 1 aliphatic heterocycles. The third-order valence-electron chi connectivity index (χ3n) is 3.96. The number of cyclic esters (lactones) is 1. The summed E-state index contributed by atoms with van der Waals surface area (Å²) in [5.41, 5.74) is 0.598. The molecule has 2 aromatic rings. The first-order chi connectivity index (χ1) is 12.3. The van der Waals surface area contributed by atoms with Crippen molar-refractivity contribution in [3.05, 3.63) is 52.7 Å². The molecule has 2 heterocycles. The van der Waals surface area contributed by atoms with Gasteiger partial charge in [-0.3, -0.25) is 4.90 Å².